The van der Waals surface area contributed by atoms with Gasteiger partial charge >= 0.3 is 0 Å². The number of pyridine rings is 1. The Morgan fingerprint density at radius 3 is 2.81 bits per heavy atom. The van der Waals surface area contributed by atoms with Crippen molar-refractivity contribution in [1.29, 1.82) is 0 Å². The molecule has 21 heavy (non-hydrogen) atoms. The summed E-state index contributed by atoms with van der Waals surface area (Å²) < 4.78 is 5.39. The van der Waals surface area contributed by atoms with Crippen molar-refractivity contribution in [2.75, 3.05) is 13.2 Å². The molecule has 0 aliphatic rings. The number of benzene rings is 1. The summed E-state index contributed by atoms with van der Waals surface area (Å²) in [5.41, 5.74) is 1.22. The second-order valence-corrected chi connectivity index (χ2v) is 4.47. The molecule has 0 bridgehead atoms. The molecule has 1 heterocycles. The maximum Gasteiger partial charge on any atom is 0.276 e. The lowest BCUT2D eigenvalue weighted by Crippen LogP contribution is -2.17. The Morgan fingerprint density at radius 1 is 1.24 bits per heavy atom. The Kier molecular flexibility index (Phi) is 5.66. The lowest BCUT2D eigenvalue weighted by atomic mass is 10.2. The van der Waals surface area contributed by atoms with Gasteiger partial charge in [0.05, 0.1) is 17.6 Å². The fourth-order valence-electron chi connectivity index (χ4n) is 1.79. The smallest absolute Gasteiger partial charge is 0.276 e. The zero-order chi connectivity index (χ0) is 14.9. The van der Waals surface area contributed by atoms with E-state index in [0.29, 0.717) is 6.61 Å². The Bertz CT molecular complexity index is 575. The molecule has 2 rings (SSSR count). The van der Waals surface area contributed by atoms with Crippen LogP contribution in [0.25, 0.3) is 0 Å². The average molecular weight is 287 g/mol. The molecule has 2 aromatic rings. The van der Waals surface area contributed by atoms with Gasteiger partial charge in [0.15, 0.2) is 0 Å². The number of hydrogen-bond donors (Lipinski definition) is 1. The van der Waals surface area contributed by atoms with Crippen molar-refractivity contribution < 1.29 is 9.66 Å². The third kappa shape index (κ3) is 5.19. The summed E-state index contributed by atoms with van der Waals surface area (Å²) in [5, 5.41) is 13.9. The molecule has 0 aliphatic heterocycles. The van der Waals surface area contributed by atoms with Crippen molar-refractivity contribution in [3.05, 3.63) is 64.3 Å². The van der Waals surface area contributed by atoms with Crippen LogP contribution < -0.4 is 10.1 Å². The van der Waals surface area contributed by atoms with Crippen molar-refractivity contribution in [1.82, 2.24) is 10.3 Å². The van der Waals surface area contributed by atoms with E-state index in [1.807, 2.05) is 18.2 Å². The first-order valence-corrected chi connectivity index (χ1v) is 6.73. The van der Waals surface area contributed by atoms with E-state index < -0.39 is 4.92 Å². The molecular weight excluding hydrogens is 270 g/mol. The number of nitrogens with zero attached hydrogens (tertiary/aromatic N) is 2. The van der Waals surface area contributed by atoms with E-state index in [0.717, 1.165) is 19.5 Å². The van der Waals surface area contributed by atoms with Crippen LogP contribution in [0.2, 0.25) is 0 Å². The third-order valence-electron chi connectivity index (χ3n) is 2.85. The SMILES string of the molecule is O=[N+]([O-])c1ccnc(OCCCNCc2ccccc2)c1. The molecule has 1 aromatic carbocycles. The molecule has 0 saturated carbocycles. The lowest BCUT2D eigenvalue weighted by molar-refractivity contribution is -0.385. The topological polar surface area (TPSA) is 77.3 Å². The highest BCUT2D eigenvalue weighted by Gasteiger charge is 2.07. The second-order valence-electron chi connectivity index (χ2n) is 4.47. The van der Waals surface area contributed by atoms with Crippen LogP contribution in [-0.2, 0) is 6.54 Å². The van der Waals surface area contributed by atoms with Crippen LogP contribution in [0, 0.1) is 10.1 Å². The van der Waals surface area contributed by atoms with E-state index >= 15 is 0 Å². The van der Waals surface area contributed by atoms with Gasteiger partial charge in [-0.25, -0.2) is 4.98 Å². The fourth-order valence-corrected chi connectivity index (χ4v) is 1.79. The highest BCUT2D eigenvalue weighted by Crippen LogP contribution is 2.15. The van der Waals surface area contributed by atoms with Crippen LogP contribution in [-0.4, -0.2) is 23.1 Å². The number of aromatic nitrogens is 1. The Labute approximate surface area is 122 Å². The van der Waals surface area contributed by atoms with Gasteiger partial charge in [-0.15, -0.1) is 0 Å². The fraction of sp³-hybridized carbons (Fsp3) is 0.267. The monoisotopic (exact) mass is 287 g/mol. The van der Waals surface area contributed by atoms with Gasteiger partial charge in [-0.05, 0) is 18.5 Å². The molecule has 0 atom stereocenters. The van der Waals surface area contributed by atoms with Gasteiger partial charge in [-0.3, -0.25) is 10.1 Å². The first kappa shape index (κ1) is 14.9. The zero-order valence-corrected chi connectivity index (χ0v) is 11.6. The van der Waals surface area contributed by atoms with E-state index in [1.54, 1.807) is 0 Å². The highest BCUT2D eigenvalue weighted by molar-refractivity contribution is 5.32. The molecule has 6 heteroatoms. The number of rotatable bonds is 8. The minimum Gasteiger partial charge on any atom is -0.477 e. The third-order valence-corrected chi connectivity index (χ3v) is 2.85. The summed E-state index contributed by atoms with van der Waals surface area (Å²) in [7, 11) is 0. The van der Waals surface area contributed by atoms with Gasteiger partial charge in [0.2, 0.25) is 5.88 Å². The molecule has 0 fully saturated rings. The number of hydrogen-bond acceptors (Lipinski definition) is 5. The van der Waals surface area contributed by atoms with Gasteiger partial charge in [0, 0.05) is 18.8 Å². The molecule has 110 valence electrons. The van der Waals surface area contributed by atoms with Crippen LogP contribution in [0.5, 0.6) is 5.88 Å². The van der Waals surface area contributed by atoms with Crippen LogP contribution in [0.1, 0.15) is 12.0 Å². The summed E-state index contributed by atoms with van der Waals surface area (Å²) >= 11 is 0. The molecule has 0 radical (unpaired) electrons. The number of nitro groups is 1. The maximum absolute atomic E-state index is 10.6. The van der Waals surface area contributed by atoms with Gasteiger partial charge in [-0.2, -0.15) is 0 Å². The summed E-state index contributed by atoms with van der Waals surface area (Å²) in [6.45, 7) is 2.09. The molecule has 0 amide bonds. The standard InChI is InChI=1S/C15H17N3O3/c19-18(20)14-7-9-17-15(11-14)21-10-4-8-16-12-13-5-2-1-3-6-13/h1-3,5-7,9,11,16H,4,8,10,12H2. The first-order valence-electron chi connectivity index (χ1n) is 6.73. The average Bonchev–Trinajstić information content (AvgIpc) is 2.52. The molecule has 0 aliphatic carbocycles. The predicted molar refractivity (Wildman–Crippen MR) is 79.2 cm³/mol. The van der Waals surface area contributed by atoms with E-state index in [9.17, 15) is 10.1 Å². The maximum atomic E-state index is 10.6. The number of nitrogens with one attached hydrogen (secondary N) is 1. The van der Waals surface area contributed by atoms with E-state index in [1.165, 1.54) is 23.9 Å². The molecular formula is C15H17N3O3. The quantitative estimate of drug-likeness (QED) is 0.458. The minimum absolute atomic E-state index is 0.0118. The van der Waals surface area contributed by atoms with E-state index in [4.69, 9.17) is 4.74 Å². The van der Waals surface area contributed by atoms with Gasteiger partial charge < -0.3 is 10.1 Å². The Morgan fingerprint density at radius 2 is 2.05 bits per heavy atom. The summed E-state index contributed by atoms with van der Waals surface area (Å²) in [6, 6.07) is 12.8. The summed E-state index contributed by atoms with van der Waals surface area (Å²) in [4.78, 5) is 14.1. The highest BCUT2D eigenvalue weighted by atomic mass is 16.6. The van der Waals surface area contributed by atoms with Crippen molar-refractivity contribution >= 4 is 5.69 Å². The molecule has 6 nitrogen and oxygen atoms in total. The predicted octanol–water partition coefficient (Wildman–Crippen LogP) is 2.55. The van der Waals surface area contributed by atoms with E-state index in [2.05, 4.69) is 22.4 Å². The molecule has 0 spiro atoms. The molecule has 0 saturated heterocycles. The van der Waals surface area contributed by atoms with Crippen LogP contribution in [0.3, 0.4) is 0 Å². The van der Waals surface area contributed by atoms with Crippen LogP contribution in [0.4, 0.5) is 5.69 Å². The molecule has 1 aromatic heterocycles. The largest absolute Gasteiger partial charge is 0.477 e. The first-order chi connectivity index (χ1) is 10.3. The zero-order valence-electron chi connectivity index (χ0n) is 11.6. The molecule has 0 unspecified atom stereocenters. The van der Waals surface area contributed by atoms with Crippen molar-refractivity contribution in [3.8, 4) is 5.88 Å². The minimum atomic E-state index is -0.462. The van der Waals surface area contributed by atoms with Crippen molar-refractivity contribution in [2.45, 2.75) is 13.0 Å². The van der Waals surface area contributed by atoms with E-state index in [-0.39, 0.29) is 11.6 Å². The summed E-state index contributed by atoms with van der Waals surface area (Å²) in [6.07, 6.45) is 2.18. The normalized spacial score (nSPS) is 10.3. The van der Waals surface area contributed by atoms with Crippen LogP contribution >= 0.6 is 0 Å². The molecule has 1 N–H and O–H groups in total. The van der Waals surface area contributed by atoms with Crippen LogP contribution in [0.15, 0.2) is 48.7 Å². The van der Waals surface area contributed by atoms with Gasteiger partial charge in [0.1, 0.15) is 0 Å². The van der Waals surface area contributed by atoms with Gasteiger partial charge in [-0.1, -0.05) is 30.3 Å². The Hall–Kier alpha value is -2.47. The lowest BCUT2D eigenvalue weighted by Gasteiger charge is -2.06. The van der Waals surface area contributed by atoms with Crippen molar-refractivity contribution in [2.24, 2.45) is 0 Å². The Balaban J connectivity index is 1.64. The summed E-state index contributed by atoms with van der Waals surface area (Å²) in [5.74, 6) is 0.284. The second kappa shape index (κ2) is 7.96. The van der Waals surface area contributed by atoms with Gasteiger partial charge in [0.25, 0.3) is 5.69 Å². The van der Waals surface area contributed by atoms with Crippen molar-refractivity contribution in [3.63, 3.8) is 0 Å². The number of ether oxygens (including phenoxy) is 1.